The normalized spacial score (nSPS) is 18.1. The zero-order valence-electron chi connectivity index (χ0n) is 17.5. The van der Waals surface area contributed by atoms with E-state index in [0.29, 0.717) is 6.61 Å². The number of hydrogen-bond donors (Lipinski definition) is 0. The summed E-state index contributed by atoms with van der Waals surface area (Å²) < 4.78 is 16.4. The van der Waals surface area contributed by atoms with Crippen LogP contribution in [0.25, 0.3) is 0 Å². The summed E-state index contributed by atoms with van der Waals surface area (Å²) >= 11 is 0. The maximum absolute atomic E-state index is 12.9. The molecule has 158 valence electrons. The second-order valence-electron chi connectivity index (χ2n) is 7.14. The lowest BCUT2D eigenvalue weighted by Crippen LogP contribution is -2.57. The number of hydrazone groups is 1. The third-order valence-electron chi connectivity index (χ3n) is 5.20. The van der Waals surface area contributed by atoms with Crippen LogP contribution in [0.4, 0.5) is 0 Å². The van der Waals surface area contributed by atoms with Crippen LogP contribution in [-0.2, 0) is 16.1 Å². The second kappa shape index (κ2) is 9.45. The van der Waals surface area contributed by atoms with Gasteiger partial charge in [0.05, 0.1) is 27.0 Å². The maximum atomic E-state index is 12.9. The summed E-state index contributed by atoms with van der Waals surface area (Å²) in [5.74, 6) is 1.36. The van der Waals surface area contributed by atoms with Crippen molar-refractivity contribution in [3.05, 3.63) is 95.6 Å². The van der Waals surface area contributed by atoms with Gasteiger partial charge in [0.25, 0.3) is 5.91 Å². The minimum atomic E-state index is -0.596. The van der Waals surface area contributed by atoms with Crippen LogP contribution >= 0.6 is 0 Å². The van der Waals surface area contributed by atoms with Crippen LogP contribution in [0.5, 0.6) is 11.5 Å². The Morgan fingerprint density at radius 1 is 0.871 bits per heavy atom. The first-order valence-electron chi connectivity index (χ1n) is 10.00. The molecule has 0 N–H and O–H groups in total. The Hall–Kier alpha value is -3.64. The molecule has 1 fully saturated rings. The molecule has 6 nitrogen and oxygen atoms in total. The number of benzene rings is 3. The summed E-state index contributed by atoms with van der Waals surface area (Å²) in [4.78, 5) is 12.9. The molecule has 1 aliphatic rings. The highest BCUT2D eigenvalue weighted by Crippen LogP contribution is 2.38. The fourth-order valence-corrected chi connectivity index (χ4v) is 3.44. The van der Waals surface area contributed by atoms with E-state index in [4.69, 9.17) is 14.2 Å². The SMILES string of the molecule is COc1ccc(/C=N\N2C(=O)[C@@H](OCc3ccccc3)[C@H]2c2ccc(OC)cc2)cc1. The van der Waals surface area contributed by atoms with E-state index in [1.165, 1.54) is 5.01 Å². The molecule has 0 unspecified atom stereocenters. The van der Waals surface area contributed by atoms with E-state index >= 15 is 0 Å². The Bertz CT molecular complexity index is 1030. The average Bonchev–Trinajstić information content (AvgIpc) is 2.83. The van der Waals surface area contributed by atoms with Crippen molar-refractivity contribution in [3.8, 4) is 11.5 Å². The molecule has 2 atom stereocenters. The van der Waals surface area contributed by atoms with Gasteiger partial charge in [-0.3, -0.25) is 4.79 Å². The number of carbonyl (C=O) groups excluding carboxylic acids is 1. The van der Waals surface area contributed by atoms with E-state index in [1.807, 2.05) is 78.9 Å². The third-order valence-corrected chi connectivity index (χ3v) is 5.20. The van der Waals surface area contributed by atoms with Gasteiger partial charge in [0.15, 0.2) is 6.10 Å². The molecule has 6 heteroatoms. The largest absolute Gasteiger partial charge is 0.497 e. The smallest absolute Gasteiger partial charge is 0.275 e. The topological polar surface area (TPSA) is 60.4 Å². The lowest BCUT2D eigenvalue weighted by Gasteiger charge is -2.43. The lowest BCUT2D eigenvalue weighted by atomic mass is 9.92. The number of nitrogens with zero attached hydrogens (tertiary/aromatic N) is 2. The molecule has 1 saturated heterocycles. The van der Waals surface area contributed by atoms with Gasteiger partial charge in [-0.15, -0.1) is 0 Å². The van der Waals surface area contributed by atoms with Crippen molar-refractivity contribution >= 4 is 12.1 Å². The molecule has 1 amide bonds. The minimum Gasteiger partial charge on any atom is -0.497 e. The molecule has 0 radical (unpaired) electrons. The van der Waals surface area contributed by atoms with Gasteiger partial charge in [0, 0.05) is 0 Å². The standard InChI is InChI=1S/C25H24N2O4/c1-29-21-12-8-18(9-13-21)16-26-27-23(20-10-14-22(30-2)15-11-20)24(25(27)28)31-17-19-6-4-3-5-7-19/h3-16,23-24H,17H2,1-2H3/b26-16-/t23-,24+/m1/s1. The fourth-order valence-electron chi connectivity index (χ4n) is 3.44. The van der Waals surface area contributed by atoms with Crippen molar-refractivity contribution in [2.45, 2.75) is 18.8 Å². The van der Waals surface area contributed by atoms with Crippen LogP contribution in [0.1, 0.15) is 22.7 Å². The first-order chi connectivity index (χ1) is 15.2. The molecule has 0 aliphatic carbocycles. The molecule has 4 rings (SSSR count). The van der Waals surface area contributed by atoms with Crippen LogP contribution in [0.15, 0.2) is 84.0 Å². The molecular formula is C25H24N2O4. The van der Waals surface area contributed by atoms with Crippen molar-refractivity contribution < 1.29 is 19.0 Å². The van der Waals surface area contributed by atoms with E-state index in [0.717, 1.165) is 28.2 Å². The predicted octanol–water partition coefficient (Wildman–Crippen LogP) is 4.21. The summed E-state index contributed by atoms with van der Waals surface area (Å²) in [6.45, 7) is 0.361. The predicted molar refractivity (Wildman–Crippen MR) is 118 cm³/mol. The van der Waals surface area contributed by atoms with E-state index < -0.39 is 6.10 Å². The van der Waals surface area contributed by atoms with Crippen molar-refractivity contribution in [3.63, 3.8) is 0 Å². The summed E-state index contributed by atoms with van der Waals surface area (Å²) in [7, 11) is 3.25. The molecule has 3 aromatic rings. The van der Waals surface area contributed by atoms with E-state index in [9.17, 15) is 4.79 Å². The Labute approximate surface area is 181 Å². The summed E-state index contributed by atoms with van der Waals surface area (Å²) in [6, 6.07) is 24.6. The van der Waals surface area contributed by atoms with Gasteiger partial charge < -0.3 is 14.2 Å². The van der Waals surface area contributed by atoms with Crippen LogP contribution in [-0.4, -0.2) is 37.5 Å². The van der Waals surface area contributed by atoms with Gasteiger partial charge in [0.1, 0.15) is 17.5 Å². The van der Waals surface area contributed by atoms with Gasteiger partial charge in [-0.2, -0.15) is 5.10 Å². The highest BCUT2D eigenvalue weighted by Gasteiger charge is 2.49. The first-order valence-corrected chi connectivity index (χ1v) is 10.00. The molecule has 0 aromatic heterocycles. The van der Waals surface area contributed by atoms with E-state index in [2.05, 4.69) is 5.10 Å². The van der Waals surface area contributed by atoms with Gasteiger partial charge in [-0.05, 0) is 53.1 Å². The van der Waals surface area contributed by atoms with Crippen molar-refractivity contribution in [1.29, 1.82) is 0 Å². The molecule has 0 spiro atoms. The van der Waals surface area contributed by atoms with Crippen LogP contribution in [0.2, 0.25) is 0 Å². The monoisotopic (exact) mass is 416 g/mol. The molecular weight excluding hydrogens is 392 g/mol. The fraction of sp³-hybridized carbons (Fsp3) is 0.200. The Kier molecular flexibility index (Phi) is 6.29. The molecule has 3 aromatic carbocycles. The highest BCUT2D eigenvalue weighted by molar-refractivity contribution is 5.90. The molecule has 1 heterocycles. The number of ether oxygens (including phenoxy) is 3. The van der Waals surface area contributed by atoms with E-state index in [1.54, 1.807) is 20.4 Å². The Morgan fingerprint density at radius 3 is 2.10 bits per heavy atom. The van der Waals surface area contributed by atoms with Gasteiger partial charge in [0.2, 0.25) is 0 Å². The minimum absolute atomic E-state index is 0.165. The lowest BCUT2D eigenvalue weighted by molar-refractivity contribution is -0.176. The van der Waals surface area contributed by atoms with Crippen LogP contribution in [0, 0.1) is 0 Å². The molecule has 31 heavy (non-hydrogen) atoms. The zero-order valence-corrected chi connectivity index (χ0v) is 17.5. The molecule has 1 aliphatic heterocycles. The van der Waals surface area contributed by atoms with Gasteiger partial charge in [-0.25, -0.2) is 5.01 Å². The summed E-state index contributed by atoms with van der Waals surface area (Å²) in [6.07, 6.45) is 1.07. The molecule has 0 bridgehead atoms. The number of hydrogen-bond acceptors (Lipinski definition) is 5. The van der Waals surface area contributed by atoms with Crippen molar-refractivity contribution in [2.24, 2.45) is 5.10 Å². The number of amides is 1. The van der Waals surface area contributed by atoms with Crippen molar-refractivity contribution in [2.75, 3.05) is 14.2 Å². The van der Waals surface area contributed by atoms with Crippen LogP contribution in [0.3, 0.4) is 0 Å². The zero-order chi connectivity index (χ0) is 21.6. The summed E-state index contributed by atoms with van der Waals surface area (Å²) in [5.41, 5.74) is 2.82. The first kappa shape index (κ1) is 20.6. The summed E-state index contributed by atoms with van der Waals surface area (Å²) in [5, 5.41) is 5.92. The maximum Gasteiger partial charge on any atom is 0.275 e. The van der Waals surface area contributed by atoms with Gasteiger partial charge in [-0.1, -0.05) is 42.5 Å². The number of rotatable bonds is 8. The van der Waals surface area contributed by atoms with Crippen molar-refractivity contribution in [1.82, 2.24) is 5.01 Å². The van der Waals surface area contributed by atoms with Gasteiger partial charge >= 0.3 is 0 Å². The van der Waals surface area contributed by atoms with E-state index in [-0.39, 0.29) is 11.9 Å². The highest BCUT2D eigenvalue weighted by atomic mass is 16.5. The number of methoxy groups -OCH3 is 2. The Morgan fingerprint density at radius 2 is 1.48 bits per heavy atom. The second-order valence-corrected chi connectivity index (χ2v) is 7.14. The molecule has 0 saturated carbocycles. The van der Waals surface area contributed by atoms with Crippen LogP contribution < -0.4 is 9.47 Å². The average molecular weight is 416 g/mol. The Balaban J connectivity index is 1.53. The third kappa shape index (κ3) is 4.59. The quantitative estimate of drug-likeness (QED) is 0.408. The number of β-lactam (4-membered cyclic amide) rings is 1. The number of carbonyl (C=O) groups is 1.